The Morgan fingerprint density at radius 2 is 1.69 bits per heavy atom. The molecule has 8 heteroatoms. The van der Waals surface area contributed by atoms with Gasteiger partial charge in [0.25, 0.3) is 0 Å². The highest BCUT2D eigenvalue weighted by molar-refractivity contribution is 6.06. The summed E-state index contributed by atoms with van der Waals surface area (Å²) in [6.07, 6.45) is 3.37. The zero-order valence-electron chi connectivity index (χ0n) is 23.9. The van der Waals surface area contributed by atoms with Crippen molar-refractivity contribution in [2.75, 3.05) is 44.0 Å². The standard InChI is InChI=1S/C21H29N5O3/c27-16-13-14-12-15(16)18-17(14)19(28)26(20(18)29)7-2-1-6-24-8-10-25(11-9-24)21-22-4-3-5-23-21/h3-5,14-18,27H,1-2,6-13H2/t14-,15+,16+,17-,18+/m0/s1/i8D2,9D2,10D2,11D2. The highest BCUT2D eigenvalue weighted by Gasteiger charge is 2.63. The topological polar surface area (TPSA) is 89.9 Å². The molecule has 2 bridgehead atoms. The van der Waals surface area contributed by atoms with Crippen LogP contribution in [-0.2, 0) is 9.59 Å². The lowest BCUT2D eigenvalue weighted by molar-refractivity contribution is -0.141. The van der Waals surface area contributed by atoms with Crippen LogP contribution in [0.2, 0.25) is 0 Å². The van der Waals surface area contributed by atoms with Crippen molar-refractivity contribution in [1.29, 1.82) is 0 Å². The first-order chi connectivity index (χ1) is 17.2. The lowest BCUT2D eigenvalue weighted by Gasteiger charge is -2.34. The maximum atomic E-state index is 12.9. The third-order valence-electron chi connectivity index (χ3n) is 6.43. The van der Waals surface area contributed by atoms with Crippen molar-refractivity contribution in [3.8, 4) is 0 Å². The molecule has 8 nitrogen and oxygen atoms in total. The molecule has 2 aliphatic carbocycles. The summed E-state index contributed by atoms with van der Waals surface area (Å²) in [6, 6.07) is 1.42. The molecule has 156 valence electrons. The van der Waals surface area contributed by atoms with Crippen LogP contribution in [0.4, 0.5) is 5.95 Å². The van der Waals surface area contributed by atoms with Gasteiger partial charge >= 0.3 is 0 Å². The van der Waals surface area contributed by atoms with Crippen molar-refractivity contribution >= 4 is 17.8 Å². The fourth-order valence-corrected chi connectivity index (χ4v) is 5.14. The zero-order chi connectivity index (χ0) is 27.1. The molecule has 0 spiro atoms. The second kappa shape index (κ2) is 7.65. The van der Waals surface area contributed by atoms with Crippen LogP contribution in [0, 0.1) is 23.7 Å². The summed E-state index contributed by atoms with van der Waals surface area (Å²) in [5.41, 5.74) is 0. The molecular formula is C21H29N5O3. The number of hydrogen-bond acceptors (Lipinski definition) is 7. The average Bonchev–Trinajstić information content (AvgIpc) is 3.44. The van der Waals surface area contributed by atoms with Crippen LogP contribution in [0.3, 0.4) is 0 Å². The number of fused-ring (bicyclic) bond motifs is 5. The molecule has 5 rings (SSSR count). The second-order valence-electron chi connectivity index (χ2n) is 8.03. The number of nitrogens with zero attached hydrogens (tertiary/aromatic N) is 5. The van der Waals surface area contributed by atoms with Crippen LogP contribution in [0.1, 0.15) is 36.6 Å². The number of amides is 2. The van der Waals surface area contributed by atoms with Crippen molar-refractivity contribution in [3.63, 3.8) is 0 Å². The van der Waals surface area contributed by atoms with Gasteiger partial charge in [-0.15, -0.1) is 0 Å². The van der Waals surface area contributed by atoms with E-state index in [1.807, 2.05) is 0 Å². The Labute approximate surface area is 182 Å². The first-order valence-corrected chi connectivity index (χ1v) is 10.0. The monoisotopic (exact) mass is 407 g/mol. The molecule has 3 heterocycles. The van der Waals surface area contributed by atoms with Crippen LogP contribution >= 0.6 is 0 Å². The lowest BCUT2D eigenvalue weighted by atomic mass is 9.80. The van der Waals surface area contributed by atoms with Gasteiger partial charge in [0.05, 0.1) is 23.4 Å². The summed E-state index contributed by atoms with van der Waals surface area (Å²) < 4.78 is 67.8. The number of aromatic nitrogens is 2. The summed E-state index contributed by atoms with van der Waals surface area (Å²) in [7, 11) is 0. The Morgan fingerprint density at radius 3 is 2.45 bits per heavy atom. The third kappa shape index (κ3) is 3.32. The molecule has 5 atom stereocenters. The third-order valence-corrected chi connectivity index (χ3v) is 6.43. The normalized spacial score (nSPS) is 45.3. The van der Waals surface area contributed by atoms with Crippen molar-refractivity contribution in [1.82, 2.24) is 19.8 Å². The van der Waals surface area contributed by atoms with E-state index >= 15 is 0 Å². The number of unbranched alkanes of at least 4 members (excludes halogenated alkanes) is 1. The summed E-state index contributed by atoms with van der Waals surface area (Å²) >= 11 is 0. The number of hydrogen-bond donors (Lipinski definition) is 1. The Bertz CT molecular complexity index is 1070. The predicted octanol–water partition coefficient (Wildman–Crippen LogP) is 0.381. The van der Waals surface area contributed by atoms with Crippen LogP contribution < -0.4 is 4.90 Å². The van der Waals surface area contributed by atoms with Gasteiger partial charge in [0.15, 0.2) is 0 Å². The molecule has 2 aliphatic heterocycles. The number of carbonyl (C=O) groups is 2. The number of aliphatic hydroxyl groups excluding tert-OH is 1. The minimum Gasteiger partial charge on any atom is -0.393 e. The van der Waals surface area contributed by atoms with E-state index in [1.54, 1.807) is 0 Å². The SMILES string of the molecule is [2H]C1([2H])N(CCCCN2C(=O)[C@@H]3[C@@H]4C[C@@H](C[C@H]4O)[C@@H]3C2=O)C([2H])([2H])C([2H])([2H])N(c2ncccn2)C1([2H])[2H]. The smallest absolute Gasteiger partial charge is 0.233 e. The van der Waals surface area contributed by atoms with Crippen molar-refractivity contribution in [2.24, 2.45) is 23.7 Å². The minimum atomic E-state index is -3.05. The van der Waals surface area contributed by atoms with Crippen LogP contribution in [0.25, 0.3) is 0 Å². The van der Waals surface area contributed by atoms with Crippen LogP contribution in [-0.4, -0.2) is 81.9 Å². The van der Waals surface area contributed by atoms with E-state index in [9.17, 15) is 14.7 Å². The Hall–Kier alpha value is -2.06. The lowest BCUT2D eigenvalue weighted by Crippen LogP contribution is -2.47. The van der Waals surface area contributed by atoms with E-state index in [2.05, 4.69) is 9.97 Å². The zero-order valence-corrected chi connectivity index (χ0v) is 15.9. The fourth-order valence-electron chi connectivity index (χ4n) is 5.14. The molecule has 4 aliphatic rings. The summed E-state index contributed by atoms with van der Waals surface area (Å²) in [5, 5.41) is 10.2. The number of carbonyl (C=O) groups excluding carboxylic acids is 2. The molecule has 0 unspecified atom stereocenters. The first-order valence-electron chi connectivity index (χ1n) is 14.0. The second-order valence-corrected chi connectivity index (χ2v) is 8.03. The average molecular weight is 408 g/mol. The van der Waals surface area contributed by atoms with E-state index in [1.165, 1.54) is 23.4 Å². The van der Waals surface area contributed by atoms with Gasteiger partial charge in [0.2, 0.25) is 17.8 Å². The first kappa shape index (κ1) is 12.0. The highest BCUT2D eigenvalue weighted by Crippen LogP contribution is 2.56. The summed E-state index contributed by atoms with van der Waals surface area (Å²) in [6.45, 7) is -12.4. The van der Waals surface area contributed by atoms with Crippen molar-refractivity contribution in [3.05, 3.63) is 18.5 Å². The van der Waals surface area contributed by atoms with Gasteiger partial charge in [-0.2, -0.15) is 0 Å². The van der Waals surface area contributed by atoms with E-state index in [0.717, 1.165) is 0 Å². The maximum absolute atomic E-state index is 12.9. The molecule has 29 heavy (non-hydrogen) atoms. The number of aliphatic hydroxyl groups is 1. The van der Waals surface area contributed by atoms with Crippen molar-refractivity contribution in [2.45, 2.75) is 31.8 Å². The fraction of sp³-hybridized carbons (Fsp3) is 0.714. The van der Waals surface area contributed by atoms with Crippen LogP contribution in [0.15, 0.2) is 18.5 Å². The van der Waals surface area contributed by atoms with E-state index < -0.39 is 49.9 Å². The predicted molar refractivity (Wildman–Crippen MR) is 106 cm³/mol. The van der Waals surface area contributed by atoms with Gasteiger partial charge in [0.1, 0.15) is 0 Å². The number of likely N-dealkylation sites (tertiary alicyclic amines) is 1. The molecule has 2 amide bonds. The Morgan fingerprint density at radius 1 is 1.00 bits per heavy atom. The van der Waals surface area contributed by atoms with E-state index in [4.69, 9.17) is 11.0 Å². The van der Waals surface area contributed by atoms with Gasteiger partial charge in [-0.05, 0) is 50.1 Å². The number of rotatable bonds is 6. The Balaban J connectivity index is 1.29. The largest absolute Gasteiger partial charge is 0.393 e. The maximum Gasteiger partial charge on any atom is 0.233 e. The molecular weight excluding hydrogens is 370 g/mol. The van der Waals surface area contributed by atoms with E-state index in [0.29, 0.717) is 22.6 Å². The highest BCUT2D eigenvalue weighted by atomic mass is 16.3. The number of anilines is 1. The summed E-state index contributed by atoms with van der Waals surface area (Å²) in [5.74, 6) is -2.17. The molecule has 4 fully saturated rings. The number of piperazine rings is 1. The quantitative estimate of drug-likeness (QED) is 0.539. The summed E-state index contributed by atoms with van der Waals surface area (Å²) in [4.78, 5) is 35.5. The van der Waals surface area contributed by atoms with Gasteiger partial charge < -0.3 is 10.0 Å². The molecule has 2 saturated heterocycles. The van der Waals surface area contributed by atoms with Crippen molar-refractivity contribution < 1.29 is 25.7 Å². The van der Waals surface area contributed by atoms with Gasteiger partial charge in [-0.25, -0.2) is 9.97 Å². The van der Waals surface area contributed by atoms with Gasteiger partial charge in [-0.3, -0.25) is 19.4 Å². The Kier molecular flexibility index (Phi) is 3.15. The van der Waals surface area contributed by atoms with Gasteiger partial charge in [-0.1, -0.05) is 0 Å². The molecule has 1 aromatic heterocycles. The molecule has 1 aromatic rings. The van der Waals surface area contributed by atoms with Gasteiger partial charge in [0, 0.05) is 50.4 Å². The molecule has 1 N–H and O–H groups in total. The molecule has 0 radical (unpaired) electrons. The van der Waals surface area contributed by atoms with E-state index in [-0.39, 0.29) is 49.6 Å². The molecule has 0 aromatic carbocycles. The molecule has 2 saturated carbocycles. The minimum absolute atomic E-state index is 0.000272. The van der Waals surface area contributed by atoms with Crippen LogP contribution in [0.5, 0.6) is 0 Å². The number of imide groups is 1.